The van der Waals surface area contributed by atoms with E-state index in [9.17, 15) is 4.79 Å². The number of nitrogens with zero attached hydrogens (tertiary/aromatic N) is 3. The van der Waals surface area contributed by atoms with Crippen molar-refractivity contribution in [2.75, 3.05) is 24.6 Å². The molecular weight excluding hydrogens is 490 g/mol. The van der Waals surface area contributed by atoms with E-state index in [-0.39, 0.29) is 11.5 Å². The van der Waals surface area contributed by atoms with E-state index in [1.54, 1.807) is 0 Å². The van der Waals surface area contributed by atoms with Crippen LogP contribution in [0.5, 0.6) is 5.88 Å². The van der Waals surface area contributed by atoms with E-state index >= 15 is 0 Å². The molecule has 0 unspecified atom stereocenters. The van der Waals surface area contributed by atoms with Crippen molar-refractivity contribution >= 4 is 11.7 Å². The second kappa shape index (κ2) is 13.1. The van der Waals surface area contributed by atoms with E-state index in [1.165, 1.54) is 0 Å². The molecule has 2 aromatic rings. The Morgan fingerprint density at radius 2 is 1.77 bits per heavy atom. The van der Waals surface area contributed by atoms with Gasteiger partial charge in [0.05, 0.1) is 24.0 Å². The Morgan fingerprint density at radius 1 is 1.08 bits per heavy atom. The van der Waals surface area contributed by atoms with E-state index in [0.717, 1.165) is 73.3 Å². The van der Waals surface area contributed by atoms with Crippen LogP contribution in [-0.4, -0.2) is 47.3 Å². The number of hydrogen-bond acceptors (Lipinski definition) is 7. The monoisotopic (exact) mass is 539 g/mol. The summed E-state index contributed by atoms with van der Waals surface area (Å²) in [5, 5.41) is 0. The minimum atomic E-state index is -0.904. The number of aryl methyl sites for hydroxylation is 1. The van der Waals surface area contributed by atoms with E-state index in [1.807, 2.05) is 66.1 Å². The number of carbonyl (C=O) groups is 1. The molecule has 1 saturated heterocycles. The zero-order chi connectivity index (χ0) is 28.8. The molecule has 1 atom stereocenters. The van der Waals surface area contributed by atoms with E-state index < -0.39 is 17.7 Å². The van der Waals surface area contributed by atoms with Gasteiger partial charge >= 0.3 is 5.97 Å². The van der Waals surface area contributed by atoms with Crippen LogP contribution in [0.25, 0.3) is 11.1 Å². The smallest absolute Gasteiger partial charge is 0.340 e. The first-order valence-electron chi connectivity index (χ1n) is 14.5. The van der Waals surface area contributed by atoms with E-state index in [0.29, 0.717) is 12.5 Å². The largest absolute Gasteiger partial charge is 0.478 e. The van der Waals surface area contributed by atoms with E-state index in [4.69, 9.17) is 19.2 Å². The molecule has 3 rings (SSSR count). The summed E-state index contributed by atoms with van der Waals surface area (Å²) in [6.45, 7) is 20.8. The maximum Gasteiger partial charge on any atom is 0.340 e. The number of esters is 1. The molecule has 1 aliphatic rings. The third-order valence-electron chi connectivity index (χ3n) is 7.07. The lowest BCUT2D eigenvalue weighted by atomic mass is 9.82. The summed E-state index contributed by atoms with van der Waals surface area (Å²) in [5.74, 6) is 0.223. The molecule has 7 nitrogen and oxygen atoms in total. The number of pyridine rings is 2. The topological polar surface area (TPSA) is 73.8 Å². The van der Waals surface area contributed by atoms with Crippen LogP contribution in [0.2, 0.25) is 0 Å². The number of unbranched alkanes of at least 4 members (excludes halogenated alkanes) is 2. The van der Waals surface area contributed by atoms with Crippen molar-refractivity contribution in [3.63, 3.8) is 0 Å². The Kier molecular flexibility index (Phi) is 10.4. The number of piperidine rings is 1. The quantitative estimate of drug-likeness (QED) is 0.217. The van der Waals surface area contributed by atoms with Gasteiger partial charge in [0, 0.05) is 53.9 Å². The van der Waals surface area contributed by atoms with Gasteiger partial charge in [0.15, 0.2) is 6.10 Å². The predicted octanol–water partition coefficient (Wildman–Crippen LogP) is 7.46. The summed E-state index contributed by atoms with van der Waals surface area (Å²) in [7, 11) is 0. The summed E-state index contributed by atoms with van der Waals surface area (Å²) in [5.41, 5.74) is 4.07. The van der Waals surface area contributed by atoms with Crippen molar-refractivity contribution in [3.8, 4) is 17.0 Å². The number of carbonyl (C=O) groups excluding carboxylic acids is 1. The average Bonchev–Trinajstić information content (AvgIpc) is 2.85. The highest BCUT2D eigenvalue weighted by molar-refractivity contribution is 5.87. The van der Waals surface area contributed by atoms with Crippen LogP contribution in [0, 0.1) is 12.3 Å². The maximum atomic E-state index is 13.5. The van der Waals surface area contributed by atoms with Gasteiger partial charge in [-0.15, -0.1) is 0 Å². The average molecular weight is 540 g/mol. The molecule has 39 heavy (non-hydrogen) atoms. The van der Waals surface area contributed by atoms with Crippen LogP contribution < -0.4 is 9.64 Å². The van der Waals surface area contributed by atoms with Gasteiger partial charge in [-0.2, -0.15) is 0 Å². The van der Waals surface area contributed by atoms with Crippen molar-refractivity contribution < 1.29 is 19.0 Å². The van der Waals surface area contributed by atoms with Gasteiger partial charge in [-0.05, 0) is 72.3 Å². The van der Waals surface area contributed by atoms with Gasteiger partial charge in [-0.25, -0.2) is 9.78 Å². The fraction of sp³-hybridized carbons (Fsp3) is 0.656. The molecule has 216 valence electrons. The molecule has 0 bridgehead atoms. The van der Waals surface area contributed by atoms with Crippen molar-refractivity contribution in [2.45, 2.75) is 112 Å². The molecule has 1 aliphatic heterocycles. The first kappa shape index (κ1) is 30.9. The first-order chi connectivity index (χ1) is 18.3. The first-order valence-corrected chi connectivity index (χ1v) is 14.5. The van der Waals surface area contributed by atoms with Crippen molar-refractivity contribution in [1.82, 2.24) is 9.97 Å². The van der Waals surface area contributed by atoms with Crippen LogP contribution in [0.15, 0.2) is 24.5 Å². The lowest BCUT2D eigenvalue weighted by Gasteiger charge is -2.41. The molecule has 0 aromatic carbocycles. The highest BCUT2D eigenvalue weighted by Crippen LogP contribution is 2.43. The van der Waals surface area contributed by atoms with Crippen LogP contribution in [0.3, 0.4) is 0 Å². The lowest BCUT2D eigenvalue weighted by Crippen LogP contribution is -2.39. The zero-order valence-electron chi connectivity index (χ0n) is 25.6. The SMILES string of the molecule is CCCCCOc1ccc(-c2cnc(C)c([C@H](OC(C)(C)C)C(=O)OC(C)C)c2N2CCC(C)(C)CC2)cn1. The number of anilines is 1. The Balaban J connectivity index is 2.12. The molecular formula is C32H49N3O4. The Labute approximate surface area is 235 Å². The minimum Gasteiger partial charge on any atom is -0.478 e. The summed E-state index contributed by atoms with van der Waals surface area (Å²) in [6, 6.07) is 3.95. The van der Waals surface area contributed by atoms with Gasteiger partial charge in [0.25, 0.3) is 0 Å². The van der Waals surface area contributed by atoms with Crippen molar-refractivity contribution in [1.29, 1.82) is 0 Å². The van der Waals surface area contributed by atoms with Gasteiger partial charge in [-0.1, -0.05) is 33.6 Å². The minimum absolute atomic E-state index is 0.256. The highest BCUT2D eigenvalue weighted by atomic mass is 16.6. The molecule has 0 aliphatic carbocycles. The molecule has 1 fully saturated rings. The Hall–Kier alpha value is -2.67. The van der Waals surface area contributed by atoms with Gasteiger partial charge in [0.1, 0.15) is 0 Å². The second-order valence-electron chi connectivity index (χ2n) is 12.7. The third-order valence-corrected chi connectivity index (χ3v) is 7.07. The van der Waals surface area contributed by atoms with Crippen molar-refractivity contribution in [2.24, 2.45) is 5.41 Å². The van der Waals surface area contributed by atoms with Crippen LogP contribution in [0.1, 0.15) is 105 Å². The zero-order valence-corrected chi connectivity index (χ0v) is 25.6. The summed E-state index contributed by atoms with van der Waals surface area (Å²) < 4.78 is 18.0. The standard InChI is InChI=1S/C32H49N3O4/c1-10-11-12-19-37-26-14-13-24(20-34-26)25-21-33-23(4)27(28(25)35-17-15-32(8,9)16-18-35)29(39-31(5,6)7)30(36)38-22(2)3/h13-14,20-22,29H,10-12,15-19H2,1-9H3/t29-/m0/s1. The number of rotatable bonds is 11. The molecule has 0 amide bonds. The Morgan fingerprint density at radius 3 is 2.33 bits per heavy atom. The maximum absolute atomic E-state index is 13.5. The molecule has 0 spiro atoms. The number of aromatic nitrogens is 2. The summed E-state index contributed by atoms with van der Waals surface area (Å²) in [6.07, 6.45) is 8.00. The molecule has 0 N–H and O–H groups in total. The van der Waals surface area contributed by atoms with Crippen LogP contribution >= 0.6 is 0 Å². The third kappa shape index (κ3) is 8.66. The van der Waals surface area contributed by atoms with Gasteiger partial charge in [-0.3, -0.25) is 4.98 Å². The molecule has 0 saturated carbocycles. The van der Waals surface area contributed by atoms with Gasteiger partial charge < -0.3 is 19.1 Å². The molecule has 7 heteroatoms. The fourth-order valence-electron chi connectivity index (χ4n) is 4.84. The molecule has 2 aromatic heterocycles. The number of ether oxygens (including phenoxy) is 3. The normalized spacial score (nSPS) is 16.3. The lowest BCUT2D eigenvalue weighted by molar-refractivity contribution is -0.171. The molecule has 0 radical (unpaired) electrons. The van der Waals surface area contributed by atoms with E-state index in [2.05, 4.69) is 30.7 Å². The summed E-state index contributed by atoms with van der Waals surface area (Å²) in [4.78, 5) is 25.3. The Bertz CT molecular complexity index is 1080. The second-order valence-corrected chi connectivity index (χ2v) is 12.7. The summed E-state index contributed by atoms with van der Waals surface area (Å²) >= 11 is 0. The fourth-order valence-corrected chi connectivity index (χ4v) is 4.84. The number of hydrogen-bond donors (Lipinski definition) is 0. The predicted molar refractivity (Wildman–Crippen MR) is 157 cm³/mol. The van der Waals surface area contributed by atoms with Gasteiger partial charge in [0.2, 0.25) is 5.88 Å². The highest BCUT2D eigenvalue weighted by Gasteiger charge is 2.37. The van der Waals surface area contributed by atoms with Crippen LogP contribution in [0.4, 0.5) is 5.69 Å². The van der Waals surface area contributed by atoms with Crippen LogP contribution in [-0.2, 0) is 14.3 Å². The van der Waals surface area contributed by atoms with Crippen molar-refractivity contribution in [3.05, 3.63) is 35.8 Å². The molecule has 3 heterocycles.